The molecule has 0 saturated heterocycles. The van der Waals surface area contributed by atoms with E-state index in [0.717, 1.165) is 0 Å². The van der Waals surface area contributed by atoms with Crippen molar-refractivity contribution >= 4 is 28.4 Å². The number of nitrogen functional groups attached to an aromatic ring is 1. The maximum absolute atomic E-state index is 14.0. The summed E-state index contributed by atoms with van der Waals surface area (Å²) in [6, 6.07) is 5.44. The number of hydrogen-bond acceptors (Lipinski definition) is 8. The summed E-state index contributed by atoms with van der Waals surface area (Å²) >= 11 is 0. The second-order valence-corrected chi connectivity index (χ2v) is 7.07. The minimum atomic E-state index is -0.548. The number of rotatable bonds is 6. The first kappa shape index (κ1) is 21.7. The maximum atomic E-state index is 14.0. The molecular formula is C21H22FN7O2. The molecule has 0 aliphatic heterocycles. The third-order valence-electron chi connectivity index (χ3n) is 4.49. The number of ether oxygens (including phenoxy) is 1. The second-order valence-electron chi connectivity index (χ2n) is 7.07. The number of nitriles is 1. The number of pyridine rings is 1. The lowest BCUT2D eigenvalue weighted by atomic mass is 10.0. The van der Waals surface area contributed by atoms with Crippen molar-refractivity contribution < 1.29 is 13.9 Å². The molecule has 9 nitrogen and oxygen atoms in total. The molecule has 1 unspecified atom stereocenters. The molecule has 4 N–H and O–H groups in total. The van der Waals surface area contributed by atoms with Crippen molar-refractivity contribution in [3.8, 4) is 11.8 Å². The number of carbonyl (C=O) groups excluding carboxylic acids is 1. The highest BCUT2D eigenvalue weighted by Crippen LogP contribution is 2.36. The van der Waals surface area contributed by atoms with E-state index in [1.807, 2.05) is 19.9 Å². The summed E-state index contributed by atoms with van der Waals surface area (Å²) in [4.78, 5) is 25.3. The van der Waals surface area contributed by atoms with Gasteiger partial charge in [0, 0.05) is 12.4 Å². The normalized spacial score (nSPS) is 11.8. The fourth-order valence-corrected chi connectivity index (χ4v) is 3.13. The molecule has 3 aromatic rings. The summed E-state index contributed by atoms with van der Waals surface area (Å²) in [6.45, 7) is 5.40. The third kappa shape index (κ3) is 4.30. The molecule has 0 aliphatic carbocycles. The van der Waals surface area contributed by atoms with Crippen LogP contribution < -0.4 is 21.1 Å². The van der Waals surface area contributed by atoms with Gasteiger partial charge in [0.2, 0.25) is 0 Å². The van der Waals surface area contributed by atoms with Crippen molar-refractivity contribution in [2.45, 2.75) is 32.9 Å². The molecule has 0 bridgehead atoms. The highest BCUT2D eigenvalue weighted by Gasteiger charge is 2.26. The Labute approximate surface area is 178 Å². The molecular weight excluding hydrogens is 401 g/mol. The molecule has 1 amide bonds. The van der Waals surface area contributed by atoms with Gasteiger partial charge in [-0.15, -0.1) is 0 Å². The van der Waals surface area contributed by atoms with E-state index in [0.29, 0.717) is 16.6 Å². The highest BCUT2D eigenvalue weighted by atomic mass is 19.1. The van der Waals surface area contributed by atoms with Gasteiger partial charge in [0.1, 0.15) is 41.1 Å². The topological polar surface area (TPSA) is 139 Å². The third-order valence-corrected chi connectivity index (χ3v) is 4.49. The Hall–Kier alpha value is -4.00. The van der Waals surface area contributed by atoms with Crippen molar-refractivity contribution in [1.82, 2.24) is 20.3 Å². The first-order chi connectivity index (χ1) is 14.8. The minimum absolute atomic E-state index is 0.0406. The number of nitrogens with one attached hydrogen (secondary N) is 2. The zero-order valence-electron chi connectivity index (χ0n) is 17.5. The van der Waals surface area contributed by atoms with Crippen LogP contribution in [0.3, 0.4) is 0 Å². The molecule has 31 heavy (non-hydrogen) atoms. The van der Waals surface area contributed by atoms with Gasteiger partial charge in [-0.3, -0.25) is 4.79 Å². The van der Waals surface area contributed by atoms with E-state index < -0.39 is 17.8 Å². The molecule has 2 aromatic heterocycles. The molecule has 3 rings (SSSR count). The Morgan fingerprint density at radius 3 is 2.68 bits per heavy atom. The maximum Gasteiger partial charge on any atom is 0.255 e. The van der Waals surface area contributed by atoms with Crippen LogP contribution in [0.15, 0.2) is 24.5 Å². The Kier molecular flexibility index (Phi) is 6.15. The van der Waals surface area contributed by atoms with Crippen LogP contribution in [0.1, 0.15) is 48.4 Å². The molecule has 0 spiro atoms. The average molecular weight is 423 g/mol. The molecule has 1 atom stereocenters. The van der Waals surface area contributed by atoms with Crippen molar-refractivity contribution in [1.29, 1.82) is 5.26 Å². The van der Waals surface area contributed by atoms with Crippen LogP contribution in [0.5, 0.6) is 5.75 Å². The molecule has 10 heteroatoms. The molecule has 0 fully saturated rings. The molecule has 2 heterocycles. The predicted molar refractivity (Wildman–Crippen MR) is 114 cm³/mol. The van der Waals surface area contributed by atoms with Gasteiger partial charge in [-0.05, 0) is 39.0 Å². The number of amides is 1. The van der Waals surface area contributed by atoms with Gasteiger partial charge in [-0.25, -0.2) is 19.3 Å². The van der Waals surface area contributed by atoms with Gasteiger partial charge in [-0.2, -0.15) is 5.26 Å². The van der Waals surface area contributed by atoms with E-state index in [9.17, 15) is 14.4 Å². The van der Waals surface area contributed by atoms with Gasteiger partial charge in [0.05, 0.1) is 23.2 Å². The van der Waals surface area contributed by atoms with Crippen molar-refractivity contribution in [3.63, 3.8) is 0 Å². The lowest BCUT2D eigenvalue weighted by Crippen LogP contribution is -2.23. The van der Waals surface area contributed by atoms with Crippen molar-refractivity contribution in [2.24, 2.45) is 0 Å². The summed E-state index contributed by atoms with van der Waals surface area (Å²) in [7, 11) is 1.48. The second kappa shape index (κ2) is 8.79. The van der Waals surface area contributed by atoms with E-state index in [1.165, 1.54) is 31.6 Å². The van der Waals surface area contributed by atoms with Gasteiger partial charge >= 0.3 is 0 Å². The van der Waals surface area contributed by atoms with Crippen LogP contribution in [0.4, 0.5) is 16.0 Å². The lowest BCUT2D eigenvalue weighted by Gasteiger charge is -2.23. The summed E-state index contributed by atoms with van der Waals surface area (Å²) in [5, 5.41) is 15.4. The van der Waals surface area contributed by atoms with Gasteiger partial charge in [-0.1, -0.05) is 0 Å². The standard InChI is InChI=1S/C21H22FN7O2/c1-10(2)31-18-16(21(30)25-4)13-7-12(22)5-6-15(13)29-17(18)11(3)28-20-14(8-23)19(24)26-9-27-20/h5-7,9-11H,1-4H3,(H,25,30)(H3,24,26,27,28). The summed E-state index contributed by atoms with van der Waals surface area (Å²) in [5.74, 6) is -0.456. The largest absolute Gasteiger partial charge is 0.488 e. The monoisotopic (exact) mass is 423 g/mol. The zero-order chi connectivity index (χ0) is 22.7. The number of anilines is 2. The van der Waals surface area contributed by atoms with Crippen molar-refractivity contribution in [2.75, 3.05) is 18.1 Å². The highest BCUT2D eigenvalue weighted by molar-refractivity contribution is 6.08. The molecule has 0 saturated carbocycles. The van der Waals surface area contributed by atoms with E-state index in [2.05, 4.69) is 25.6 Å². The van der Waals surface area contributed by atoms with Crippen LogP contribution in [-0.4, -0.2) is 34.0 Å². The first-order valence-electron chi connectivity index (χ1n) is 9.55. The zero-order valence-corrected chi connectivity index (χ0v) is 17.5. The number of halogens is 1. The number of fused-ring (bicyclic) bond motifs is 1. The van der Waals surface area contributed by atoms with E-state index in [1.54, 1.807) is 6.92 Å². The number of aromatic nitrogens is 3. The molecule has 0 radical (unpaired) electrons. The Morgan fingerprint density at radius 1 is 1.29 bits per heavy atom. The summed E-state index contributed by atoms with van der Waals surface area (Å²) in [6.07, 6.45) is 0.954. The summed E-state index contributed by atoms with van der Waals surface area (Å²) in [5.41, 5.74) is 6.85. The number of benzene rings is 1. The van der Waals surface area contributed by atoms with Gasteiger partial charge in [0.25, 0.3) is 5.91 Å². The first-order valence-corrected chi connectivity index (χ1v) is 9.55. The quantitative estimate of drug-likeness (QED) is 0.550. The van der Waals surface area contributed by atoms with E-state index in [-0.39, 0.29) is 34.6 Å². The van der Waals surface area contributed by atoms with Crippen LogP contribution in [0.2, 0.25) is 0 Å². The Morgan fingerprint density at radius 2 is 2.03 bits per heavy atom. The van der Waals surface area contributed by atoms with Crippen molar-refractivity contribution in [3.05, 3.63) is 47.2 Å². The average Bonchev–Trinajstić information content (AvgIpc) is 2.72. The fraction of sp³-hybridized carbons (Fsp3) is 0.286. The molecule has 160 valence electrons. The SMILES string of the molecule is CNC(=O)c1c(OC(C)C)c(C(C)Nc2ncnc(N)c2C#N)nc2ccc(F)cc12. The predicted octanol–water partition coefficient (Wildman–Crippen LogP) is 2.94. The lowest BCUT2D eigenvalue weighted by molar-refractivity contribution is 0.0958. The summed E-state index contributed by atoms with van der Waals surface area (Å²) < 4.78 is 20.0. The van der Waals surface area contributed by atoms with Gasteiger partial charge < -0.3 is 21.1 Å². The number of nitrogens with two attached hydrogens (primary N) is 1. The number of nitrogens with zero attached hydrogens (tertiary/aromatic N) is 4. The Balaban J connectivity index is 2.23. The molecule has 0 aliphatic rings. The smallest absolute Gasteiger partial charge is 0.255 e. The molecule has 1 aromatic carbocycles. The van der Waals surface area contributed by atoms with Crippen LogP contribution >= 0.6 is 0 Å². The van der Waals surface area contributed by atoms with Crippen LogP contribution in [0, 0.1) is 17.1 Å². The van der Waals surface area contributed by atoms with Crippen LogP contribution in [-0.2, 0) is 0 Å². The van der Waals surface area contributed by atoms with E-state index in [4.69, 9.17) is 10.5 Å². The minimum Gasteiger partial charge on any atom is -0.488 e. The number of hydrogen-bond donors (Lipinski definition) is 3. The van der Waals surface area contributed by atoms with Gasteiger partial charge in [0.15, 0.2) is 5.75 Å². The Bertz CT molecular complexity index is 1190. The fourth-order valence-electron chi connectivity index (χ4n) is 3.13. The van der Waals surface area contributed by atoms with Crippen LogP contribution in [0.25, 0.3) is 10.9 Å². The number of carbonyl (C=O) groups is 1. The van der Waals surface area contributed by atoms with E-state index >= 15 is 0 Å².